The molecule has 1 aromatic rings. The first-order valence-electron chi connectivity index (χ1n) is 8.86. The summed E-state index contributed by atoms with van der Waals surface area (Å²) in [5, 5.41) is 0. The number of benzene rings is 1. The van der Waals surface area contributed by atoms with Crippen LogP contribution in [0.25, 0.3) is 0 Å². The van der Waals surface area contributed by atoms with Gasteiger partial charge in [-0.15, -0.1) is 0 Å². The third-order valence-corrected chi connectivity index (χ3v) is 6.80. The van der Waals surface area contributed by atoms with Crippen molar-refractivity contribution in [1.29, 1.82) is 0 Å². The highest BCUT2D eigenvalue weighted by Crippen LogP contribution is 2.55. The Morgan fingerprint density at radius 2 is 1.39 bits per heavy atom. The van der Waals surface area contributed by atoms with Gasteiger partial charge in [-0.25, -0.2) is 0 Å². The van der Waals surface area contributed by atoms with E-state index < -0.39 is 5.69 Å². The van der Waals surface area contributed by atoms with Gasteiger partial charge in [0.25, 0.3) is 0 Å². The van der Waals surface area contributed by atoms with Gasteiger partial charge in [-0.2, -0.15) is 0 Å². The third kappa shape index (κ3) is 11.3. The molecule has 23 heavy (non-hydrogen) atoms. The molecule has 132 valence electrons. The zero-order chi connectivity index (χ0) is 17.0. The van der Waals surface area contributed by atoms with Crippen molar-refractivity contribution in [2.24, 2.45) is 0 Å². The van der Waals surface area contributed by atoms with Crippen molar-refractivity contribution in [3.63, 3.8) is 0 Å². The van der Waals surface area contributed by atoms with Crippen molar-refractivity contribution >= 4 is 28.9 Å². The Morgan fingerprint density at radius 3 is 1.96 bits per heavy atom. The van der Waals surface area contributed by atoms with Crippen molar-refractivity contribution in [1.82, 2.24) is 0 Å². The van der Waals surface area contributed by atoms with Crippen LogP contribution >= 0.6 is 17.1 Å². The fraction of sp³-hybridized carbons (Fsp3) is 0.667. The van der Waals surface area contributed by atoms with E-state index in [9.17, 15) is 9.79 Å². The minimum atomic E-state index is -3.23. The molecule has 1 aromatic carbocycles. The largest absolute Gasteiger partial charge is 0.337 e. The minimum Gasteiger partial charge on any atom is -0.337 e. The Morgan fingerprint density at radius 1 is 0.870 bits per heavy atom. The number of unbranched alkanes of at least 4 members (excludes halogenated alkanes) is 9. The summed E-state index contributed by atoms with van der Waals surface area (Å²) in [4.78, 5) is 19.9. The molecular weight excluding hydrogens is 343 g/mol. The fourth-order valence-corrected chi connectivity index (χ4v) is 5.44. The summed E-state index contributed by atoms with van der Waals surface area (Å²) in [6.45, 7) is 2.26. The lowest BCUT2D eigenvalue weighted by molar-refractivity contribution is 0.502. The van der Waals surface area contributed by atoms with Gasteiger partial charge in [-0.3, -0.25) is 0 Å². The number of hydrogen-bond acceptors (Lipinski definition) is 2. The molecule has 0 heterocycles. The van der Waals surface area contributed by atoms with Crippen LogP contribution in [0.4, 0.5) is 0 Å². The molecule has 0 saturated heterocycles. The maximum Gasteiger partial charge on any atom is 0.246 e. The molecule has 0 fully saturated rings. The molecule has 0 unspecified atom stereocenters. The predicted molar refractivity (Wildman–Crippen MR) is 107 cm³/mol. The van der Waals surface area contributed by atoms with E-state index in [1.807, 2.05) is 18.2 Å². The summed E-state index contributed by atoms with van der Waals surface area (Å²) >= 11 is 5.78. The summed E-state index contributed by atoms with van der Waals surface area (Å²) in [5.74, 6) is 0. The first-order valence-corrected chi connectivity index (χ1v) is 13.0. The second-order valence-corrected chi connectivity index (χ2v) is 12.0. The van der Waals surface area contributed by atoms with Crippen LogP contribution in [0.5, 0.6) is 0 Å². The molecule has 0 aromatic heterocycles. The van der Waals surface area contributed by atoms with Crippen LogP contribution in [-0.2, 0) is 18.2 Å². The van der Waals surface area contributed by atoms with E-state index in [4.69, 9.17) is 11.8 Å². The smallest absolute Gasteiger partial charge is 0.246 e. The van der Waals surface area contributed by atoms with Crippen LogP contribution in [0.2, 0.25) is 0 Å². The molecule has 1 rings (SSSR count). The van der Waals surface area contributed by atoms with Crippen LogP contribution in [-0.4, -0.2) is 9.79 Å². The Kier molecular flexibility index (Phi) is 11.5. The Balaban J connectivity index is 2.15. The van der Waals surface area contributed by atoms with Crippen LogP contribution in [0.3, 0.4) is 0 Å². The van der Waals surface area contributed by atoms with E-state index in [0.29, 0.717) is 0 Å². The molecular formula is C18H31O2PS2. The van der Waals surface area contributed by atoms with Crippen molar-refractivity contribution in [3.8, 4) is 0 Å². The van der Waals surface area contributed by atoms with Gasteiger partial charge in [0.05, 0.1) is 0 Å². The average Bonchev–Trinajstić information content (AvgIpc) is 2.49. The van der Waals surface area contributed by atoms with Gasteiger partial charge in [0.1, 0.15) is 0 Å². The zero-order valence-corrected chi connectivity index (χ0v) is 16.8. The molecule has 2 N–H and O–H groups in total. The van der Waals surface area contributed by atoms with Crippen LogP contribution in [0.1, 0.15) is 76.7 Å². The van der Waals surface area contributed by atoms with Crippen LogP contribution < -0.4 is 0 Å². The minimum absolute atomic E-state index is 0.928. The highest BCUT2D eigenvalue weighted by Gasteiger charge is 2.12. The van der Waals surface area contributed by atoms with E-state index in [1.54, 1.807) is 0 Å². The molecule has 5 heteroatoms. The van der Waals surface area contributed by atoms with Gasteiger partial charge < -0.3 is 9.79 Å². The Hall–Kier alpha value is 0.140. The summed E-state index contributed by atoms with van der Waals surface area (Å²) < 4.78 is 0. The monoisotopic (exact) mass is 374 g/mol. The van der Waals surface area contributed by atoms with Crippen molar-refractivity contribution in [2.75, 3.05) is 0 Å². The number of rotatable bonds is 13. The van der Waals surface area contributed by atoms with E-state index >= 15 is 0 Å². The van der Waals surface area contributed by atoms with E-state index in [0.717, 1.165) is 29.1 Å². The van der Waals surface area contributed by atoms with Gasteiger partial charge in [-0.05, 0) is 47.7 Å². The van der Waals surface area contributed by atoms with Gasteiger partial charge in [0.15, 0.2) is 0 Å². The summed E-state index contributed by atoms with van der Waals surface area (Å²) in [6, 6.07) is 7.94. The first kappa shape index (κ1) is 21.2. The molecule has 0 amide bonds. The van der Waals surface area contributed by atoms with Crippen LogP contribution in [0.15, 0.2) is 29.2 Å². The molecule has 0 aliphatic heterocycles. The maximum absolute atomic E-state index is 9.49. The maximum atomic E-state index is 9.49. The molecule has 0 spiro atoms. The zero-order valence-electron chi connectivity index (χ0n) is 14.2. The van der Waals surface area contributed by atoms with E-state index in [2.05, 4.69) is 13.0 Å². The van der Waals surface area contributed by atoms with Crippen molar-refractivity contribution < 1.29 is 9.79 Å². The number of aryl methyl sites for hydroxylation is 1. The predicted octanol–water partition coefficient (Wildman–Crippen LogP) is 6.45. The topological polar surface area (TPSA) is 40.5 Å². The lowest BCUT2D eigenvalue weighted by Gasteiger charge is -2.11. The van der Waals surface area contributed by atoms with Crippen LogP contribution in [0, 0.1) is 0 Å². The van der Waals surface area contributed by atoms with Gasteiger partial charge in [0, 0.05) is 4.90 Å². The standard InChI is InChI=1S/C18H31O2PS2/c1-2-3-4-5-6-7-8-9-10-11-14-17-15-12-13-16-18(17)23-21(19,20)22/h12-13,15-16H,2-11,14H2,1H3,(H2,19,20,22). The fourth-order valence-electron chi connectivity index (χ4n) is 2.73. The van der Waals surface area contributed by atoms with Gasteiger partial charge >= 0.3 is 0 Å². The summed E-state index contributed by atoms with van der Waals surface area (Å²) in [6.07, 6.45) is 14.3. The highest BCUT2D eigenvalue weighted by molar-refractivity contribution is 8.67. The Bertz CT molecular complexity index is 474. The van der Waals surface area contributed by atoms with Crippen molar-refractivity contribution in [2.45, 2.75) is 82.4 Å². The van der Waals surface area contributed by atoms with Gasteiger partial charge in [0.2, 0.25) is 5.69 Å². The van der Waals surface area contributed by atoms with E-state index in [-0.39, 0.29) is 0 Å². The molecule has 0 saturated carbocycles. The molecule has 2 nitrogen and oxygen atoms in total. The summed E-state index contributed by atoms with van der Waals surface area (Å²) in [7, 11) is 0. The molecule has 0 aliphatic rings. The normalized spacial score (nSPS) is 11.8. The SMILES string of the molecule is CCCCCCCCCCCCc1ccccc1SP(O)(O)=S. The summed E-state index contributed by atoms with van der Waals surface area (Å²) in [5.41, 5.74) is -2.04. The van der Waals surface area contributed by atoms with Crippen molar-refractivity contribution in [3.05, 3.63) is 29.8 Å². The highest BCUT2D eigenvalue weighted by atomic mass is 32.9. The quantitative estimate of drug-likeness (QED) is 0.307. The third-order valence-electron chi connectivity index (χ3n) is 3.99. The number of hydrogen-bond donors (Lipinski definition) is 2. The van der Waals surface area contributed by atoms with E-state index in [1.165, 1.54) is 63.4 Å². The lowest BCUT2D eigenvalue weighted by Crippen LogP contribution is -1.89. The first-order chi connectivity index (χ1) is 11.0. The van der Waals surface area contributed by atoms with Gasteiger partial charge in [-0.1, -0.05) is 82.9 Å². The molecule has 0 atom stereocenters. The lowest BCUT2D eigenvalue weighted by atomic mass is 10.0. The second kappa shape index (κ2) is 12.5. The molecule has 0 radical (unpaired) electrons. The molecule has 0 aliphatic carbocycles. The average molecular weight is 375 g/mol. The Labute approximate surface area is 151 Å². The molecule has 0 bridgehead atoms. The second-order valence-electron chi connectivity index (χ2n) is 6.12.